The number of hydrogen-bond donors (Lipinski definition) is 0. The third-order valence-electron chi connectivity index (χ3n) is 3.34. The fraction of sp³-hybridized carbons (Fsp3) is 0.556. The van der Waals surface area contributed by atoms with E-state index in [1.165, 1.54) is 6.92 Å². The lowest BCUT2D eigenvalue weighted by Crippen LogP contribution is -2.54. The molecular weight excluding hydrogens is 292 g/mol. The van der Waals surface area contributed by atoms with Gasteiger partial charge in [-0.2, -0.15) is 0 Å². The van der Waals surface area contributed by atoms with Crippen LogP contribution in [0.2, 0.25) is 0 Å². The fourth-order valence-corrected chi connectivity index (χ4v) is 2.08. The molecule has 0 saturated carbocycles. The first-order valence-electron chi connectivity index (χ1n) is 7.73. The highest BCUT2D eigenvalue weighted by molar-refractivity contribution is 5.73. The summed E-state index contributed by atoms with van der Waals surface area (Å²) in [6.45, 7) is 13.5. The zero-order valence-corrected chi connectivity index (χ0v) is 15.1. The van der Waals surface area contributed by atoms with Crippen molar-refractivity contribution in [3.8, 4) is 0 Å². The number of carbonyl (C=O) groups is 2. The molecule has 0 radical (unpaired) electrons. The average Bonchev–Trinajstić information content (AvgIpc) is 2.50. The molecule has 5 nitrogen and oxygen atoms in total. The van der Waals surface area contributed by atoms with Gasteiger partial charge in [0, 0.05) is 38.6 Å². The molecule has 23 heavy (non-hydrogen) atoms. The second-order valence-electron chi connectivity index (χ2n) is 6.05. The van der Waals surface area contributed by atoms with Crippen molar-refractivity contribution in [1.82, 2.24) is 9.80 Å². The van der Waals surface area contributed by atoms with E-state index in [1.54, 1.807) is 6.92 Å². The molecule has 0 spiro atoms. The molecule has 1 aromatic carbocycles. The second-order valence-corrected chi connectivity index (χ2v) is 6.05. The van der Waals surface area contributed by atoms with Crippen molar-refractivity contribution in [1.29, 1.82) is 0 Å². The molecule has 1 fully saturated rings. The summed E-state index contributed by atoms with van der Waals surface area (Å²) < 4.78 is 0. The van der Waals surface area contributed by atoms with E-state index >= 15 is 0 Å². The maximum atomic E-state index is 11.1. The third kappa shape index (κ3) is 11.5. The Balaban J connectivity index is 0. The molecule has 132 valence electrons. The summed E-state index contributed by atoms with van der Waals surface area (Å²) in [6.07, 6.45) is 0.750. The molecule has 0 atom stereocenters. The monoisotopic (exact) mass is 324 g/mol. The van der Waals surface area contributed by atoms with Gasteiger partial charge in [-0.15, -0.1) is 0 Å². The number of nitrogens with zero attached hydrogens (tertiary/aromatic N) is 2. The van der Waals surface area contributed by atoms with Crippen LogP contribution in [0.5, 0.6) is 0 Å². The summed E-state index contributed by atoms with van der Waals surface area (Å²) in [7, 11) is 0. The summed E-state index contributed by atoms with van der Waals surface area (Å²) in [5.74, 6) is 0.202. The zero-order chi connectivity index (χ0) is 17.0. The van der Waals surface area contributed by atoms with Gasteiger partial charge in [0.2, 0.25) is 5.91 Å². The van der Waals surface area contributed by atoms with Crippen molar-refractivity contribution in [2.45, 2.75) is 40.2 Å². The molecule has 2 rings (SSSR count). The molecule has 0 bridgehead atoms. The molecule has 1 aliphatic heterocycles. The zero-order valence-electron chi connectivity index (χ0n) is 15.1. The first-order chi connectivity index (χ1) is 10.3. The summed E-state index contributed by atoms with van der Waals surface area (Å²) in [5, 5.41) is 0. The van der Waals surface area contributed by atoms with Gasteiger partial charge < -0.3 is 15.2 Å². The van der Waals surface area contributed by atoms with Crippen molar-refractivity contribution in [2.24, 2.45) is 0 Å². The van der Waals surface area contributed by atoms with E-state index in [-0.39, 0.29) is 16.9 Å². The molecule has 0 unspecified atom stereocenters. The second kappa shape index (κ2) is 12.8. The minimum atomic E-state index is 0. The minimum absolute atomic E-state index is 0. The van der Waals surface area contributed by atoms with Gasteiger partial charge in [0.05, 0.1) is 0 Å². The summed E-state index contributed by atoms with van der Waals surface area (Å²) in [6, 6.07) is 12.0. The quantitative estimate of drug-likeness (QED) is 0.685. The van der Waals surface area contributed by atoms with Crippen molar-refractivity contribution < 1.29 is 15.1 Å². The molecular formula is C18H32N2O3. The molecule has 1 amide bonds. The summed E-state index contributed by atoms with van der Waals surface area (Å²) in [4.78, 5) is 24.2. The van der Waals surface area contributed by atoms with Crippen LogP contribution in [0.15, 0.2) is 36.4 Å². The van der Waals surface area contributed by atoms with Crippen molar-refractivity contribution >= 4 is 12.2 Å². The highest BCUT2D eigenvalue weighted by atomic mass is 16.2. The predicted molar refractivity (Wildman–Crippen MR) is 95.4 cm³/mol. The molecule has 1 aliphatic rings. The van der Waals surface area contributed by atoms with Gasteiger partial charge in [-0.3, -0.25) is 9.69 Å². The molecule has 1 aromatic rings. The Morgan fingerprint density at radius 1 is 0.913 bits per heavy atom. The number of carbonyl (C=O) groups excluding carboxylic acids is 2. The van der Waals surface area contributed by atoms with E-state index in [9.17, 15) is 4.79 Å². The van der Waals surface area contributed by atoms with Gasteiger partial charge in [-0.05, 0) is 27.7 Å². The lowest BCUT2D eigenvalue weighted by molar-refractivity contribution is -0.131. The third-order valence-corrected chi connectivity index (χ3v) is 3.34. The smallest absolute Gasteiger partial charge is 0.219 e. The van der Waals surface area contributed by atoms with E-state index in [0.29, 0.717) is 0 Å². The Labute approximate surface area is 140 Å². The van der Waals surface area contributed by atoms with E-state index < -0.39 is 0 Å². The van der Waals surface area contributed by atoms with Gasteiger partial charge in [0.1, 0.15) is 6.29 Å². The van der Waals surface area contributed by atoms with E-state index in [1.807, 2.05) is 41.3 Å². The Bertz CT molecular complexity index is 381. The maximum Gasteiger partial charge on any atom is 0.219 e. The van der Waals surface area contributed by atoms with Gasteiger partial charge >= 0.3 is 0 Å². The van der Waals surface area contributed by atoms with Crippen LogP contribution in [0.25, 0.3) is 0 Å². The average molecular weight is 324 g/mol. The van der Waals surface area contributed by atoms with Crippen LogP contribution in [-0.2, 0) is 9.59 Å². The summed E-state index contributed by atoms with van der Waals surface area (Å²) >= 11 is 0. The molecule has 5 heteroatoms. The summed E-state index contributed by atoms with van der Waals surface area (Å²) in [5.41, 5.74) is 0.239. The van der Waals surface area contributed by atoms with Crippen LogP contribution < -0.4 is 0 Å². The molecule has 1 heterocycles. The number of hydrogen-bond acceptors (Lipinski definition) is 3. The number of piperazine rings is 1. The van der Waals surface area contributed by atoms with Gasteiger partial charge in [-0.25, -0.2) is 0 Å². The fourth-order valence-electron chi connectivity index (χ4n) is 2.08. The standard InChI is InChI=1S/C10H20N2O.C6H6.C2H4O.H2O/c1-9(13)11-5-7-12(8-6-11)10(2,3)4;1-2-4-6-5-3-1;1-2-3;/h5-8H2,1-4H3;1-6H;2H,1H3;1H2. The highest BCUT2D eigenvalue weighted by Gasteiger charge is 2.26. The molecule has 2 N–H and O–H groups in total. The Kier molecular flexibility index (Phi) is 13.1. The molecule has 0 aliphatic carbocycles. The van der Waals surface area contributed by atoms with Crippen LogP contribution >= 0.6 is 0 Å². The van der Waals surface area contributed by atoms with Gasteiger partial charge in [0.25, 0.3) is 0 Å². The normalized spacial score (nSPS) is 14.2. The lowest BCUT2D eigenvalue weighted by atomic mass is 10.1. The van der Waals surface area contributed by atoms with Crippen LogP contribution in [0.4, 0.5) is 0 Å². The van der Waals surface area contributed by atoms with Crippen molar-refractivity contribution in [3.05, 3.63) is 36.4 Å². The topological polar surface area (TPSA) is 72.1 Å². The number of rotatable bonds is 0. The Morgan fingerprint density at radius 3 is 1.43 bits per heavy atom. The molecule has 0 aromatic heterocycles. The number of benzene rings is 1. The van der Waals surface area contributed by atoms with Crippen LogP contribution in [0, 0.1) is 0 Å². The Morgan fingerprint density at radius 2 is 1.22 bits per heavy atom. The van der Waals surface area contributed by atoms with Crippen LogP contribution in [0.1, 0.15) is 34.6 Å². The number of amides is 1. The number of aldehydes is 1. The first-order valence-corrected chi connectivity index (χ1v) is 7.73. The largest absolute Gasteiger partial charge is 0.412 e. The first kappa shape index (κ1) is 23.5. The minimum Gasteiger partial charge on any atom is -0.412 e. The maximum absolute atomic E-state index is 11.1. The van der Waals surface area contributed by atoms with Gasteiger partial charge in [-0.1, -0.05) is 36.4 Å². The van der Waals surface area contributed by atoms with E-state index in [2.05, 4.69) is 25.7 Å². The van der Waals surface area contributed by atoms with Crippen molar-refractivity contribution in [2.75, 3.05) is 26.2 Å². The van der Waals surface area contributed by atoms with E-state index in [0.717, 1.165) is 32.5 Å². The van der Waals surface area contributed by atoms with E-state index in [4.69, 9.17) is 4.79 Å². The Hall–Kier alpha value is -1.72. The van der Waals surface area contributed by atoms with Crippen LogP contribution in [-0.4, -0.2) is 59.2 Å². The van der Waals surface area contributed by atoms with Gasteiger partial charge in [0.15, 0.2) is 0 Å². The highest BCUT2D eigenvalue weighted by Crippen LogP contribution is 2.15. The SMILES string of the molecule is CC(=O)N1CCN(C(C)(C)C)CC1.CC=O.O.c1ccccc1. The molecule has 1 saturated heterocycles. The van der Waals surface area contributed by atoms with Crippen molar-refractivity contribution in [3.63, 3.8) is 0 Å². The lowest BCUT2D eigenvalue weighted by Gasteiger charge is -2.42. The van der Waals surface area contributed by atoms with Crippen LogP contribution in [0.3, 0.4) is 0 Å². The predicted octanol–water partition coefficient (Wildman–Crippen LogP) is 2.02.